The highest BCUT2D eigenvalue weighted by Crippen LogP contribution is 2.09. The predicted molar refractivity (Wildman–Crippen MR) is 45.9 cm³/mol. The first kappa shape index (κ1) is 13.8. The SMILES string of the molecule is CF.CN=C(N)SC(=N)C(F)F. The summed E-state index contributed by atoms with van der Waals surface area (Å²) in [6, 6.07) is 0. The lowest BCUT2D eigenvalue weighted by Gasteiger charge is -1.98. The summed E-state index contributed by atoms with van der Waals surface area (Å²) in [5, 5.41) is 5.83. The van der Waals surface area contributed by atoms with Gasteiger partial charge in [0.05, 0.1) is 7.18 Å². The topological polar surface area (TPSA) is 62.2 Å². The van der Waals surface area contributed by atoms with Gasteiger partial charge in [0, 0.05) is 7.05 Å². The molecule has 0 spiro atoms. The summed E-state index contributed by atoms with van der Waals surface area (Å²) in [7, 11) is 1.88. The van der Waals surface area contributed by atoms with Gasteiger partial charge < -0.3 is 5.73 Å². The van der Waals surface area contributed by atoms with Crippen molar-refractivity contribution in [3.05, 3.63) is 0 Å². The van der Waals surface area contributed by atoms with Gasteiger partial charge in [-0.15, -0.1) is 0 Å². The van der Waals surface area contributed by atoms with E-state index >= 15 is 0 Å². The zero-order valence-corrected chi connectivity index (χ0v) is 7.46. The summed E-state index contributed by atoms with van der Waals surface area (Å²) in [6.45, 7) is 0. The van der Waals surface area contributed by atoms with Gasteiger partial charge in [-0.2, -0.15) is 0 Å². The van der Waals surface area contributed by atoms with Gasteiger partial charge in [0.25, 0.3) is 6.43 Å². The molecule has 0 atom stereocenters. The lowest BCUT2D eigenvalue weighted by molar-refractivity contribution is 0.228. The van der Waals surface area contributed by atoms with Crippen LogP contribution in [0.3, 0.4) is 0 Å². The molecular formula is C5H10F3N3S. The van der Waals surface area contributed by atoms with Gasteiger partial charge in [-0.25, -0.2) is 8.78 Å². The molecule has 0 fully saturated rings. The molecule has 0 aromatic carbocycles. The molecule has 0 heterocycles. The van der Waals surface area contributed by atoms with E-state index in [-0.39, 0.29) is 5.17 Å². The molecule has 0 aliphatic carbocycles. The maximum absolute atomic E-state index is 11.6. The van der Waals surface area contributed by atoms with Gasteiger partial charge in [-0.3, -0.25) is 14.8 Å². The van der Waals surface area contributed by atoms with Crippen molar-refractivity contribution in [2.75, 3.05) is 14.2 Å². The Hall–Kier alpha value is -0.720. The largest absolute Gasteiger partial charge is 0.378 e. The molecule has 0 saturated carbocycles. The van der Waals surface area contributed by atoms with E-state index in [9.17, 15) is 13.2 Å². The third kappa shape index (κ3) is 7.39. The van der Waals surface area contributed by atoms with Gasteiger partial charge in [0.15, 0.2) is 5.17 Å². The van der Waals surface area contributed by atoms with E-state index in [0.29, 0.717) is 18.9 Å². The first-order valence-corrected chi connectivity index (χ1v) is 3.54. The molecule has 7 heteroatoms. The number of nitrogens with zero attached hydrogens (tertiary/aromatic N) is 1. The predicted octanol–water partition coefficient (Wildman–Crippen LogP) is 1.49. The van der Waals surface area contributed by atoms with Crippen molar-refractivity contribution >= 4 is 22.0 Å². The second-order valence-electron chi connectivity index (χ2n) is 1.33. The minimum Gasteiger partial charge on any atom is -0.378 e. The number of rotatable bonds is 1. The molecule has 3 nitrogen and oxygen atoms in total. The van der Waals surface area contributed by atoms with E-state index in [1.54, 1.807) is 0 Å². The van der Waals surface area contributed by atoms with Crippen LogP contribution in [0, 0.1) is 5.41 Å². The molecule has 0 unspecified atom stereocenters. The molecule has 0 aromatic rings. The van der Waals surface area contributed by atoms with Crippen molar-refractivity contribution in [2.24, 2.45) is 10.7 Å². The Morgan fingerprint density at radius 1 is 1.50 bits per heavy atom. The summed E-state index contributed by atoms with van der Waals surface area (Å²) < 4.78 is 32.6. The molecule has 0 aliphatic rings. The van der Waals surface area contributed by atoms with E-state index in [1.807, 2.05) is 0 Å². The van der Waals surface area contributed by atoms with E-state index in [0.717, 1.165) is 0 Å². The van der Waals surface area contributed by atoms with E-state index < -0.39 is 11.5 Å². The number of amidine groups is 1. The number of hydrogen-bond acceptors (Lipinski definition) is 3. The molecular weight excluding hydrogens is 191 g/mol. The molecule has 0 aromatic heterocycles. The van der Waals surface area contributed by atoms with E-state index in [4.69, 9.17) is 11.1 Å². The highest BCUT2D eigenvalue weighted by molar-refractivity contribution is 8.26. The average Bonchev–Trinajstić information content (AvgIpc) is 2.07. The van der Waals surface area contributed by atoms with Crippen LogP contribution in [0.25, 0.3) is 0 Å². The van der Waals surface area contributed by atoms with Gasteiger partial charge in [0.2, 0.25) is 0 Å². The fourth-order valence-electron chi connectivity index (χ4n) is 0.203. The molecule has 0 saturated heterocycles. The summed E-state index contributed by atoms with van der Waals surface area (Å²) in [4.78, 5) is 3.39. The van der Waals surface area contributed by atoms with Crippen LogP contribution in [0.1, 0.15) is 0 Å². The van der Waals surface area contributed by atoms with Crippen LogP contribution in [0.2, 0.25) is 0 Å². The Labute approximate surface area is 72.7 Å². The van der Waals surface area contributed by atoms with Crippen molar-refractivity contribution in [1.29, 1.82) is 5.41 Å². The normalized spacial score (nSPS) is 10.7. The molecule has 12 heavy (non-hydrogen) atoms. The second kappa shape index (κ2) is 8.38. The first-order valence-electron chi connectivity index (χ1n) is 2.72. The number of nitrogens with two attached hydrogens (primary N) is 1. The average molecular weight is 201 g/mol. The number of alkyl halides is 3. The Kier molecular flexibility index (Phi) is 9.66. The Morgan fingerprint density at radius 3 is 2.17 bits per heavy atom. The third-order valence-corrected chi connectivity index (χ3v) is 1.42. The van der Waals surface area contributed by atoms with Crippen LogP contribution in [0.4, 0.5) is 13.2 Å². The van der Waals surface area contributed by atoms with E-state index in [2.05, 4.69) is 4.99 Å². The Bertz CT molecular complexity index is 160. The van der Waals surface area contributed by atoms with Gasteiger partial charge in [-0.05, 0) is 11.8 Å². The first-order chi connectivity index (χ1) is 5.57. The fourth-order valence-corrected chi connectivity index (χ4v) is 0.609. The number of nitrogens with one attached hydrogen (secondary N) is 1. The second-order valence-corrected chi connectivity index (χ2v) is 2.39. The van der Waals surface area contributed by atoms with Gasteiger partial charge in [-0.1, -0.05) is 0 Å². The number of halogens is 3. The summed E-state index contributed by atoms with van der Waals surface area (Å²) in [5.41, 5.74) is 5.05. The van der Waals surface area contributed by atoms with Gasteiger partial charge in [0.1, 0.15) is 5.04 Å². The highest BCUT2D eigenvalue weighted by Gasteiger charge is 2.12. The molecule has 72 valence electrons. The summed E-state index contributed by atoms with van der Waals surface area (Å²) >= 11 is 0.469. The molecule has 3 N–H and O–H groups in total. The van der Waals surface area contributed by atoms with Crippen LogP contribution in [0.15, 0.2) is 4.99 Å². The minimum atomic E-state index is -2.76. The molecule has 0 rings (SSSR count). The fraction of sp³-hybridized carbons (Fsp3) is 0.600. The molecule has 0 aliphatic heterocycles. The van der Waals surface area contributed by atoms with Crippen LogP contribution in [0.5, 0.6) is 0 Å². The maximum Gasteiger partial charge on any atom is 0.286 e. The summed E-state index contributed by atoms with van der Waals surface area (Å²) in [5.74, 6) is 0. The molecule has 0 bridgehead atoms. The van der Waals surface area contributed by atoms with E-state index in [1.165, 1.54) is 7.05 Å². The van der Waals surface area contributed by atoms with Crippen LogP contribution >= 0.6 is 11.8 Å². The van der Waals surface area contributed by atoms with Gasteiger partial charge >= 0.3 is 0 Å². The van der Waals surface area contributed by atoms with Crippen molar-refractivity contribution in [2.45, 2.75) is 6.43 Å². The van der Waals surface area contributed by atoms with Crippen LogP contribution < -0.4 is 5.73 Å². The maximum atomic E-state index is 11.6. The summed E-state index contributed by atoms with van der Waals surface area (Å²) in [6.07, 6.45) is -2.76. The minimum absolute atomic E-state index is 0.0229. The molecule has 0 radical (unpaired) electrons. The lowest BCUT2D eigenvalue weighted by Crippen LogP contribution is -2.13. The standard InChI is InChI=1S/C4H7F2N3S.CH3F/c1-9-4(8)10-3(7)2(5)6;1-2/h2,7H,1H3,(H2,8,9);1H3. The zero-order chi connectivity index (χ0) is 10.1. The monoisotopic (exact) mass is 201 g/mol. The van der Waals surface area contributed by atoms with Crippen LogP contribution in [-0.4, -0.2) is 30.9 Å². The highest BCUT2D eigenvalue weighted by atomic mass is 32.2. The third-order valence-electron chi connectivity index (χ3n) is 0.633. The number of thioether (sulfide) groups is 1. The number of aliphatic imine (C=N–C) groups is 1. The Balaban J connectivity index is 0. The lowest BCUT2D eigenvalue weighted by atomic mass is 10.8. The van der Waals surface area contributed by atoms with Crippen LogP contribution in [-0.2, 0) is 0 Å². The van der Waals surface area contributed by atoms with Crippen molar-refractivity contribution in [3.8, 4) is 0 Å². The quantitative estimate of drug-likeness (QED) is 0.498. The number of hydrogen-bond donors (Lipinski definition) is 2. The Morgan fingerprint density at radius 2 is 1.92 bits per heavy atom. The van der Waals surface area contributed by atoms with Crippen molar-refractivity contribution < 1.29 is 13.2 Å². The van der Waals surface area contributed by atoms with Crippen molar-refractivity contribution in [3.63, 3.8) is 0 Å². The zero-order valence-electron chi connectivity index (χ0n) is 6.64. The molecule has 0 amide bonds. The van der Waals surface area contributed by atoms with Crippen molar-refractivity contribution in [1.82, 2.24) is 0 Å². The smallest absolute Gasteiger partial charge is 0.286 e.